The Balaban J connectivity index is 1.57. The molecule has 0 fully saturated rings. The number of amides is 1. The zero-order valence-corrected chi connectivity index (χ0v) is 18.7. The highest BCUT2D eigenvalue weighted by molar-refractivity contribution is 6.42. The summed E-state index contributed by atoms with van der Waals surface area (Å²) in [6, 6.07) is 14.4. The van der Waals surface area contributed by atoms with E-state index in [2.05, 4.69) is 10.5 Å². The quantitative estimate of drug-likeness (QED) is 0.210. The number of hydrogen-bond acceptors (Lipinski definition) is 6. The Kier molecular flexibility index (Phi) is 8.23. The van der Waals surface area contributed by atoms with Crippen molar-refractivity contribution in [3.8, 4) is 17.2 Å². The van der Waals surface area contributed by atoms with E-state index in [0.29, 0.717) is 16.3 Å². The number of carbonyl (C=O) groups excluding carboxylic acids is 2. The fraction of sp³-hybridized carbons (Fsp3) is 0.0870. The summed E-state index contributed by atoms with van der Waals surface area (Å²) in [4.78, 5) is 24.2. The second-order valence-electron chi connectivity index (χ2n) is 6.46. The Morgan fingerprint density at radius 2 is 1.76 bits per heavy atom. The summed E-state index contributed by atoms with van der Waals surface area (Å²) < 4.78 is 28.7. The van der Waals surface area contributed by atoms with Crippen molar-refractivity contribution < 1.29 is 28.2 Å². The molecule has 0 aromatic heterocycles. The fourth-order valence-corrected chi connectivity index (χ4v) is 2.82. The molecular formula is C23H17Cl2FN2O5. The summed E-state index contributed by atoms with van der Waals surface area (Å²) in [7, 11) is 1.42. The molecule has 3 aromatic carbocycles. The van der Waals surface area contributed by atoms with Gasteiger partial charge in [0.15, 0.2) is 18.1 Å². The van der Waals surface area contributed by atoms with Crippen molar-refractivity contribution in [2.75, 3.05) is 13.7 Å². The van der Waals surface area contributed by atoms with Gasteiger partial charge in [-0.2, -0.15) is 5.10 Å². The molecule has 0 unspecified atom stereocenters. The van der Waals surface area contributed by atoms with Crippen molar-refractivity contribution in [1.29, 1.82) is 0 Å². The van der Waals surface area contributed by atoms with Gasteiger partial charge in [-0.05, 0) is 66.2 Å². The number of hydrogen-bond donors (Lipinski definition) is 1. The predicted molar refractivity (Wildman–Crippen MR) is 122 cm³/mol. The van der Waals surface area contributed by atoms with Gasteiger partial charge in [0.05, 0.1) is 28.9 Å². The van der Waals surface area contributed by atoms with Crippen LogP contribution >= 0.6 is 23.2 Å². The standard InChI is InChI=1S/C23H17Cl2FN2O5/c1-31-21-10-14(12-27-28-22(29)13-32-17-6-4-16(26)5-7-17)2-9-20(21)33-23(30)15-3-8-18(24)19(25)11-15/h2-12H,13H2,1H3,(H,28,29). The van der Waals surface area contributed by atoms with Gasteiger partial charge in [-0.3, -0.25) is 4.79 Å². The van der Waals surface area contributed by atoms with Crippen LogP contribution in [0.1, 0.15) is 15.9 Å². The van der Waals surface area contributed by atoms with E-state index >= 15 is 0 Å². The van der Waals surface area contributed by atoms with Crippen LogP contribution in [-0.2, 0) is 4.79 Å². The van der Waals surface area contributed by atoms with Gasteiger partial charge in [0.25, 0.3) is 5.91 Å². The minimum absolute atomic E-state index is 0.183. The fourth-order valence-electron chi connectivity index (χ4n) is 2.52. The van der Waals surface area contributed by atoms with Crippen molar-refractivity contribution in [1.82, 2.24) is 5.43 Å². The zero-order valence-electron chi connectivity index (χ0n) is 17.2. The largest absolute Gasteiger partial charge is 0.493 e. The van der Waals surface area contributed by atoms with E-state index < -0.39 is 17.7 Å². The number of ether oxygens (including phenoxy) is 3. The third-order valence-corrected chi connectivity index (χ3v) is 4.87. The van der Waals surface area contributed by atoms with E-state index in [1.807, 2.05) is 0 Å². The minimum atomic E-state index is -0.637. The Hall–Kier alpha value is -3.62. The van der Waals surface area contributed by atoms with Crippen LogP contribution in [0.25, 0.3) is 0 Å². The molecule has 3 aromatic rings. The number of benzene rings is 3. The normalized spacial score (nSPS) is 10.7. The Bertz CT molecular complexity index is 1190. The van der Waals surface area contributed by atoms with Crippen LogP contribution in [0.4, 0.5) is 4.39 Å². The SMILES string of the molecule is COc1cc(C=NNC(=O)COc2ccc(F)cc2)ccc1OC(=O)c1ccc(Cl)c(Cl)c1. The maximum absolute atomic E-state index is 12.9. The average Bonchev–Trinajstić information content (AvgIpc) is 2.81. The highest BCUT2D eigenvalue weighted by Gasteiger charge is 2.14. The molecule has 0 aliphatic heterocycles. The lowest BCUT2D eigenvalue weighted by atomic mass is 10.2. The highest BCUT2D eigenvalue weighted by Crippen LogP contribution is 2.29. The number of esters is 1. The van der Waals surface area contributed by atoms with Crippen LogP contribution in [-0.4, -0.2) is 31.8 Å². The maximum Gasteiger partial charge on any atom is 0.343 e. The molecule has 0 bridgehead atoms. The molecule has 0 radical (unpaired) electrons. The summed E-state index contributed by atoms with van der Waals surface area (Å²) in [6.07, 6.45) is 1.38. The summed E-state index contributed by atoms with van der Waals surface area (Å²) in [5, 5.41) is 4.40. The first-order chi connectivity index (χ1) is 15.9. The van der Waals surface area contributed by atoms with Crippen LogP contribution in [0, 0.1) is 5.82 Å². The van der Waals surface area contributed by atoms with Crippen LogP contribution in [0.2, 0.25) is 10.0 Å². The lowest BCUT2D eigenvalue weighted by Crippen LogP contribution is -2.24. The summed E-state index contributed by atoms with van der Waals surface area (Å²) in [5.74, 6) is -0.731. The summed E-state index contributed by atoms with van der Waals surface area (Å²) in [6.45, 7) is -0.296. The van der Waals surface area contributed by atoms with Crippen molar-refractivity contribution in [2.24, 2.45) is 5.10 Å². The molecule has 0 saturated carbocycles. The van der Waals surface area contributed by atoms with Crippen molar-refractivity contribution in [3.05, 3.63) is 87.7 Å². The van der Waals surface area contributed by atoms with E-state index in [-0.39, 0.29) is 28.7 Å². The van der Waals surface area contributed by atoms with Gasteiger partial charge in [-0.25, -0.2) is 14.6 Å². The van der Waals surface area contributed by atoms with Crippen LogP contribution in [0.3, 0.4) is 0 Å². The number of hydrazone groups is 1. The van der Waals surface area contributed by atoms with Gasteiger partial charge in [0.1, 0.15) is 11.6 Å². The molecule has 10 heteroatoms. The molecule has 170 valence electrons. The highest BCUT2D eigenvalue weighted by atomic mass is 35.5. The number of carbonyl (C=O) groups is 2. The second-order valence-corrected chi connectivity index (χ2v) is 7.28. The molecule has 33 heavy (non-hydrogen) atoms. The van der Waals surface area contributed by atoms with Gasteiger partial charge < -0.3 is 14.2 Å². The molecule has 0 spiro atoms. The second kappa shape index (κ2) is 11.3. The number of methoxy groups -OCH3 is 1. The topological polar surface area (TPSA) is 86.2 Å². The van der Waals surface area contributed by atoms with Gasteiger partial charge in [-0.15, -0.1) is 0 Å². The molecule has 0 atom stereocenters. The lowest BCUT2D eigenvalue weighted by Gasteiger charge is -2.10. The van der Waals surface area contributed by atoms with E-state index in [1.165, 1.54) is 61.9 Å². The number of nitrogens with zero attached hydrogens (tertiary/aromatic N) is 1. The number of halogens is 3. The molecule has 0 aliphatic carbocycles. The lowest BCUT2D eigenvalue weighted by molar-refractivity contribution is -0.123. The first-order valence-electron chi connectivity index (χ1n) is 9.41. The predicted octanol–water partition coefficient (Wildman–Crippen LogP) is 4.89. The van der Waals surface area contributed by atoms with E-state index in [4.69, 9.17) is 37.4 Å². The van der Waals surface area contributed by atoms with Gasteiger partial charge in [0.2, 0.25) is 0 Å². The monoisotopic (exact) mass is 490 g/mol. The molecule has 1 amide bonds. The van der Waals surface area contributed by atoms with Gasteiger partial charge >= 0.3 is 5.97 Å². The summed E-state index contributed by atoms with van der Waals surface area (Å²) in [5.41, 5.74) is 3.11. The van der Waals surface area contributed by atoms with Crippen molar-refractivity contribution >= 4 is 41.3 Å². The first-order valence-corrected chi connectivity index (χ1v) is 10.2. The number of rotatable bonds is 8. The van der Waals surface area contributed by atoms with Crippen LogP contribution in [0.15, 0.2) is 65.8 Å². The van der Waals surface area contributed by atoms with E-state index in [9.17, 15) is 14.0 Å². The molecule has 0 heterocycles. The minimum Gasteiger partial charge on any atom is -0.493 e. The van der Waals surface area contributed by atoms with Crippen molar-refractivity contribution in [2.45, 2.75) is 0 Å². The summed E-state index contributed by atoms with van der Waals surface area (Å²) >= 11 is 11.8. The average molecular weight is 491 g/mol. The van der Waals surface area contributed by atoms with Crippen LogP contribution < -0.4 is 19.6 Å². The molecular weight excluding hydrogens is 474 g/mol. The molecule has 1 N–H and O–H groups in total. The van der Waals surface area contributed by atoms with Gasteiger partial charge in [-0.1, -0.05) is 23.2 Å². The first kappa shape index (κ1) is 24.0. The number of nitrogens with one attached hydrogen (secondary N) is 1. The van der Waals surface area contributed by atoms with Crippen molar-refractivity contribution in [3.63, 3.8) is 0 Å². The smallest absolute Gasteiger partial charge is 0.343 e. The van der Waals surface area contributed by atoms with Crippen LogP contribution in [0.5, 0.6) is 17.2 Å². The Morgan fingerprint density at radius 1 is 1.00 bits per heavy atom. The zero-order chi connectivity index (χ0) is 23.8. The van der Waals surface area contributed by atoms with E-state index in [0.717, 1.165) is 0 Å². The molecule has 7 nitrogen and oxygen atoms in total. The van der Waals surface area contributed by atoms with E-state index in [1.54, 1.807) is 12.1 Å². The Labute approximate surface area is 198 Å². The molecule has 0 aliphatic rings. The van der Waals surface area contributed by atoms with Gasteiger partial charge in [0, 0.05) is 0 Å². The Morgan fingerprint density at radius 3 is 2.45 bits per heavy atom. The molecule has 0 saturated heterocycles. The third kappa shape index (κ3) is 6.93. The maximum atomic E-state index is 12.9. The third-order valence-electron chi connectivity index (χ3n) is 4.13. The molecule has 3 rings (SSSR count).